The summed E-state index contributed by atoms with van der Waals surface area (Å²) in [5.41, 5.74) is 1.60. The molecule has 0 saturated heterocycles. The van der Waals surface area contributed by atoms with Gasteiger partial charge in [-0.05, 0) is 29.1 Å². The summed E-state index contributed by atoms with van der Waals surface area (Å²) in [7, 11) is -1.45. The van der Waals surface area contributed by atoms with Crippen LogP contribution in [-0.4, -0.2) is 14.8 Å². The molecule has 0 aliphatic rings. The molecule has 0 aromatic heterocycles. The van der Waals surface area contributed by atoms with Gasteiger partial charge in [0, 0.05) is 0 Å². The van der Waals surface area contributed by atoms with E-state index in [2.05, 4.69) is 60.4 Å². The van der Waals surface area contributed by atoms with E-state index in [1.54, 1.807) is 0 Å². The van der Waals surface area contributed by atoms with Crippen LogP contribution in [0.25, 0.3) is 0 Å². The minimum Gasteiger partial charge on any atom is -0.336 e. The molecule has 0 aromatic carbocycles. The molecular formula is C14H33NSi. The largest absolute Gasteiger partial charge is 0.336 e. The quantitative estimate of drug-likeness (QED) is 0.624. The molecule has 0 unspecified atom stereocenters. The lowest BCUT2D eigenvalue weighted by Crippen LogP contribution is -2.62. The van der Waals surface area contributed by atoms with Crippen LogP contribution in [0.2, 0.25) is 16.1 Å². The number of hydrogen-bond donors (Lipinski definition) is 1. The van der Waals surface area contributed by atoms with Crippen molar-refractivity contribution in [2.75, 3.05) is 6.54 Å². The van der Waals surface area contributed by atoms with Gasteiger partial charge in [0.15, 0.2) is 0 Å². The molecule has 0 fully saturated rings. The molecule has 1 N–H and O–H groups in total. The normalized spacial score (nSPS) is 13.9. The molecule has 98 valence electrons. The first-order chi connectivity index (χ1) is 7.26. The van der Waals surface area contributed by atoms with Crippen LogP contribution >= 0.6 is 0 Å². The van der Waals surface area contributed by atoms with E-state index < -0.39 is 8.24 Å². The fourth-order valence-electron chi connectivity index (χ4n) is 3.50. The Morgan fingerprint density at radius 2 is 1.44 bits per heavy atom. The van der Waals surface area contributed by atoms with Crippen LogP contribution in [0.5, 0.6) is 0 Å². The second-order valence-electron chi connectivity index (χ2n) is 6.34. The maximum absolute atomic E-state index is 4.01. The monoisotopic (exact) mass is 243 g/mol. The van der Waals surface area contributed by atoms with E-state index >= 15 is 0 Å². The van der Waals surface area contributed by atoms with Gasteiger partial charge in [0.05, 0.1) is 0 Å². The van der Waals surface area contributed by atoms with Crippen LogP contribution in [0.3, 0.4) is 0 Å². The van der Waals surface area contributed by atoms with Crippen molar-refractivity contribution in [3.8, 4) is 0 Å². The van der Waals surface area contributed by atoms with Crippen LogP contribution in [0.15, 0.2) is 0 Å². The highest BCUT2D eigenvalue weighted by molar-refractivity contribution is 6.82. The highest BCUT2D eigenvalue weighted by Crippen LogP contribution is 2.50. The number of hydrogen-bond acceptors (Lipinski definition) is 1. The Kier molecular flexibility index (Phi) is 6.27. The molecule has 2 heteroatoms. The van der Waals surface area contributed by atoms with Crippen molar-refractivity contribution in [1.29, 1.82) is 0 Å². The Morgan fingerprint density at radius 3 is 1.69 bits per heavy atom. The number of nitrogens with one attached hydrogen (secondary N) is 1. The molecule has 0 aliphatic carbocycles. The van der Waals surface area contributed by atoms with Gasteiger partial charge in [-0.25, -0.2) is 0 Å². The zero-order chi connectivity index (χ0) is 13.0. The lowest BCUT2D eigenvalue weighted by Gasteiger charge is -2.51. The minimum atomic E-state index is -1.45. The molecule has 0 rings (SSSR count). The second-order valence-corrected chi connectivity index (χ2v) is 12.1. The van der Waals surface area contributed by atoms with E-state index in [1.165, 1.54) is 19.4 Å². The molecule has 0 bridgehead atoms. The van der Waals surface area contributed by atoms with Gasteiger partial charge in [0.25, 0.3) is 0 Å². The van der Waals surface area contributed by atoms with Crippen molar-refractivity contribution in [3.05, 3.63) is 0 Å². The van der Waals surface area contributed by atoms with Crippen molar-refractivity contribution in [2.45, 2.75) is 84.4 Å². The molecule has 1 nitrogen and oxygen atoms in total. The Labute approximate surface area is 104 Å². The van der Waals surface area contributed by atoms with Crippen molar-refractivity contribution in [3.63, 3.8) is 0 Å². The third-order valence-corrected chi connectivity index (χ3v) is 11.6. The molecule has 0 radical (unpaired) electrons. The van der Waals surface area contributed by atoms with Gasteiger partial charge in [-0.15, -0.1) is 0 Å². The summed E-state index contributed by atoms with van der Waals surface area (Å²) in [6.07, 6.45) is 2.53. The lowest BCUT2D eigenvalue weighted by atomic mass is 10.1. The van der Waals surface area contributed by atoms with E-state index in [0.717, 1.165) is 11.1 Å². The smallest absolute Gasteiger partial charge is 0.136 e. The van der Waals surface area contributed by atoms with Crippen LogP contribution in [0.4, 0.5) is 0 Å². The average Bonchev–Trinajstić information content (AvgIpc) is 2.17. The molecule has 0 aliphatic heterocycles. The Bertz CT molecular complexity index is 189. The molecule has 0 spiro atoms. The second kappa shape index (κ2) is 6.20. The summed E-state index contributed by atoms with van der Waals surface area (Å²) in [5, 5.41) is 0.477. The Hall–Kier alpha value is 0.177. The first kappa shape index (κ1) is 16.2. The first-order valence-corrected chi connectivity index (χ1v) is 9.16. The molecule has 0 aromatic rings. The molecule has 0 saturated carbocycles. The third-order valence-electron chi connectivity index (χ3n) is 4.49. The SMILES string of the molecule is CCCN[Si](C(C)C)(C(C)C)C(C)(C)CC. The first-order valence-electron chi connectivity index (χ1n) is 7.01. The van der Waals surface area contributed by atoms with Gasteiger partial charge in [0.1, 0.15) is 8.24 Å². The van der Waals surface area contributed by atoms with Crippen molar-refractivity contribution >= 4 is 8.24 Å². The Morgan fingerprint density at radius 1 is 1.00 bits per heavy atom. The fraction of sp³-hybridized carbons (Fsp3) is 1.00. The van der Waals surface area contributed by atoms with Crippen LogP contribution < -0.4 is 4.98 Å². The zero-order valence-corrected chi connectivity index (χ0v) is 13.8. The maximum Gasteiger partial charge on any atom is 0.136 e. The van der Waals surface area contributed by atoms with Gasteiger partial charge >= 0.3 is 0 Å². The van der Waals surface area contributed by atoms with Crippen LogP contribution in [0, 0.1) is 0 Å². The predicted octanol–water partition coefficient (Wildman–Crippen LogP) is 4.94. The summed E-state index contributed by atoms with van der Waals surface area (Å²) >= 11 is 0. The summed E-state index contributed by atoms with van der Waals surface area (Å²) in [6.45, 7) is 20.4. The standard InChI is InChI=1S/C14H33NSi/c1-9-11-15-16(12(3)4,13(5)6)14(7,8)10-2/h12-13,15H,9-11H2,1-8H3. The molecule has 16 heavy (non-hydrogen) atoms. The van der Waals surface area contributed by atoms with Gasteiger partial charge in [0.2, 0.25) is 0 Å². The molecular weight excluding hydrogens is 210 g/mol. The number of rotatable bonds is 7. The zero-order valence-electron chi connectivity index (χ0n) is 12.8. The summed E-state index contributed by atoms with van der Waals surface area (Å²) in [6, 6.07) is 0. The van der Waals surface area contributed by atoms with Gasteiger partial charge in [-0.3, -0.25) is 0 Å². The van der Waals surface area contributed by atoms with E-state index in [4.69, 9.17) is 0 Å². The van der Waals surface area contributed by atoms with Crippen LogP contribution in [-0.2, 0) is 0 Å². The van der Waals surface area contributed by atoms with E-state index in [0.29, 0.717) is 5.04 Å². The van der Waals surface area contributed by atoms with Gasteiger partial charge < -0.3 is 4.98 Å². The third kappa shape index (κ3) is 2.89. The maximum atomic E-state index is 4.01. The molecule has 0 heterocycles. The summed E-state index contributed by atoms with van der Waals surface area (Å²) in [4.78, 5) is 4.01. The van der Waals surface area contributed by atoms with Crippen LogP contribution in [0.1, 0.15) is 68.2 Å². The van der Waals surface area contributed by atoms with E-state index in [9.17, 15) is 0 Å². The molecule has 0 amide bonds. The summed E-state index contributed by atoms with van der Waals surface area (Å²) < 4.78 is 0. The highest BCUT2D eigenvalue weighted by atomic mass is 28.3. The average molecular weight is 244 g/mol. The summed E-state index contributed by atoms with van der Waals surface area (Å²) in [5.74, 6) is 0. The van der Waals surface area contributed by atoms with Gasteiger partial charge in [-0.1, -0.05) is 61.8 Å². The topological polar surface area (TPSA) is 12.0 Å². The highest BCUT2D eigenvalue weighted by Gasteiger charge is 2.50. The lowest BCUT2D eigenvalue weighted by molar-refractivity contribution is 0.553. The van der Waals surface area contributed by atoms with Crippen molar-refractivity contribution < 1.29 is 0 Å². The Balaban J connectivity index is 5.26. The van der Waals surface area contributed by atoms with Crippen molar-refractivity contribution in [2.24, 2.45) is 0 Å². The van der Waals surface area contributed by atoms with Gasteiger partial charge in [-0.2, -0.15) is 0 Å². The molecule has 0 atom stereocenters. The van der Waals surface area contributed by atoms with E-state index in [-0.39, 0.29) is 0 Å². The van der Waals surface area contributed by atoms with Crippen molar-refractivity contribution in [1.82, 2.24) is 4.98 Å². The predicted molar refractivity (Wildman–Crippen MR) is 78.6 cm³/mol. The minimum absolute atomic E-state index is 0.477. The van der Waals surface area contributed by atoms with E-state index in [1.807, 2.05) is 0 Å². The fourth-order valence-corrected chi connectivity index (χ4v) is 10.5.